The predicted molar refractivity (Wildman–Crippen MR) is 89.2 cm³/mol. The van der Waals surface area contributed by atoms with Gasteiger partial charge in [-0.2, -0.15) is 0 Å². The molecule has 0 saturated carbocycles. The van der Waals surface area contributed by atoms with Crippen LogP contribution >= 0.6 is 0 Å². The molecule has 0 radical (unpaired) electrons. The number of fused-ring (bicyclic) bond motifs is 1. The van der Waals surface area contributed by atoms with Crippen molar-refractivity contribution in [3.63, 3.8) is 0 Å². The van der Waals surface area contributed by atoms with E-state index in [-0.39, 0.29) is 17.3 Å². The Morgan fingerprint density at radius 3 is 2.36 bits per heavy atom. The third-order valence-electron chi connectivity index (χ3n) is 4.19. The second kappa shape index (κ2) is 6.80. The molecule has 1 aliphatic rings. The number of carboxylic acids is 1. The Hall–Kier alpha value is -3.09. The molecule has 0 atom stereocenters. The summed E-state index contributed by atoms with van der Waals surface area (Å²) in [5, 5.41) is 9.03. The van der Waals surface area contributed by atoms with Gasteiger partial charge in [-0.3, -0.25) is 4.79 Å². The molecule has 7 nitrogen and oxygen atoms in total. The first kappa shape index (κ1) is 16.8. The second-order valence-electron chi connectivity index (χ2n) is 5.67. The number of hydrogen-bond donors (Lipinski definition) is 1. The summed E-state index contributed by atoms with van der Waals surface area (Å²) in [6, 6.07) is 8.21. The molecular formula is C18H18N2O5. The molecule has 0 spiro atoms. The number of hydrogen-bond acceptors (Lipinski definition) is 5. The summed E-state index contributed by atoms with van der Waals surface area (Å²) in [6.07, 6.45) is 0.681. The average molecular weight is 342 g/mol. The fourth-order valence-electron chi connectivity index (χ4n) is 2.89. The van der Waals surface area contributed by atoms with Crippen LogP contribution in [0.5, 0.6) is 11.5 Å². The quantitative estimate of drug-likeness (QED) is 0.914. The van der Waals surface area contributed by atoms with Gasteiger partial charge in [-0.25, -0.2) is 9.78 Å². The number of pyridine rings is 1. The van der Waals surface area contributed by atoms with Crippen molar-refractivity contribution in [2.75, 3.05) is 20.8 Å². The van der Waals surface area contributed by atoms with Crippen LogP contribution in [0.2, 0.25) is 0 Å². The van der Waals surface area contributed by atoms with Gasteiger partial charge in [0.2, 0.25) is 0 Å². The first-order valence-corrected chi connectivity index (χ1v) is 7.77. The van der Waals surface area contributed by atoms with E-state index in [1.54, 1.807) is 19.1 Å². The van der Waals surface area contributed by atoms with Crippen LogP contribution in [0.3, 0.4) is 0 Å². The minimum Gasteiger partial charge on any atom is -0.493 e. The Balaban J connectivity index is 1.86. The summed E-state index contributed by atoms with van der Waals surface area (Å²) in [5.41, 5.74) is 2.07. The van der Waals surface area contributed by atoms with Gasteiger partial charge in [0, 0.05) is 13.1 Å². The van der Waals surface area contributed by atoms with E-state index in [1.807, 2.05) is 12.1 Å². The first-order valence-electron chi connectivity index (χ1n) is 7.77. The molecule has 1 aromatic heterocycles. The second-order valence-corrected chi connectivity index (χ2v) is 5.67. The lowest BCUT2D eigenvalue weighted by molar-refractivity contribution is 0.0689. The number of nitrogens with zero attached hydrogens (tertiary/aromatic N) is 2. The number of carbonyl (C=O) groups is 2. The Kier molecular flexibility index (Phi) is 4.56. The minimum atomic E-state index is -1.16. The zero-order chi connectivity index (χ0) is 18.0. The third kappa shape index (κ3) is 3.26. The Morgan fingerprint density at radius 1 is 1.08 bits per heavy atom. The maximum atomic E-state index is 12.7. The van der Waals surface area contributed by atoms with E-state index >= 15 is 0 Å². The van der Waals surface area contributed by atoms with Gasteiger partial charge in [0.1, 0.15) is 11.4 Å². The van der Waals surface area contributed by atoms with Gasteiger partial charge in [0.05, 0.1) is 14.2 Å². The van der Waals surface area contributed by atoms with Crippen molar-refractivity contribution in [3.8, 4) is 11.5 Å². The van der Waals surface area contributed by atoms with E-state index in [1.165, 1.54) is 18.2 Å². The van der Waals surface area contributed by atoms with Crippen molar-refractivity contribution in [2.24, 2.45) is 0 Å². The molecule has 2 heterocycles. The van der Waals surface area contributed by atoms with Gasteiger partial charge in [-0.05, 0) is 41.8 Å². The zero-order valence-electron chi connectivity index (χ0n) is 14.0. The molecule has 0 saturated heterocycles. The third-order valence-corrected chi connectivity index (χ3v) is 4.19. The number of aromatic nitrogens is 1. The monoisotopic (exact) mass is 342 g/mol. The molecule has 0 aliphatic carbocycles. The molecule has 7 heteroatoms. The summed E-state index contributed by atoms with van der Waals surface area (Å²) >= 11 is 0. The van der Waals surface area contributed by atoms with Gasteiger partial charge in [-0.15, -0.1) is 0 Å². The van der Waals surface area contributed by atoms with E-state index < -0.39 is 5.97 Å². The molecule has 1 N–H and O–H groups in total. The largest absolute Gasteiger partial charge is 0.493 e. The summed E-state index contributed by atoms with van der Waals surface area (Å²) in [6.45, 7) is 0.938. The maximum Gasteiger partial charge on any atom is 0.354 e. The lowest BCUT2D eigenvalue weighted by Gasteiger charge is -2.29. The highest BCUT2D eigenvalue weighted by Crippen LogP contribution is 2.33. The van der Waals surface area contributed by atoms with Gasteiger partial charge in [0.15, 0.2) is 11.5 Å². The highest BCUT2D eigenvalue weighted by Gasteiger charge is 2.25. The van der Waals surface area contributed by atoms with Crippen molar-refractivity contribution < 1.29 is 24.2 Å². The van der Waals surface area contributed by atoms with Gasteiger partial charge in [-0.1, -0.05) is 6.07 Å². The van der Waals surface area contributed by atoms with Crippen LogP contribution in [0.15, 0.2) is 30.3 Å². The van der Waals surface area contributed by atoms with Crippen LogP contribution in [0.4, 0.5) is 0 Å². The Labute approximate surface area is 144 Å². The van der Waals surface area contributed by atoms with Gasteiger partial charge < -0.3 is 19.5 Å². The number of aromatic carboxylic acids is 1. The highest BCUT2D eigenvalue weighted by molar-refractivity contribution is 5.94. The molecule has 25 heavy (non-hydrogen) atoms. The molecule has 1 aromatic carbocycles. The summed E-state index contributed by atoms with van der Waals surface area (Å²) < 4.78 is 10.6. The van der Waals surface area contributed by atoms with Crippen molar-refractivity contribution in [1.29, 1.82) is 0 Å². The van der Waals surface area contributed by atoms with E-state index in [0.717, 1.165) is 11.1 Å². The minimum absolute atomic E-state index is 0.129. The molecular weight excluding hydrogens is 324 g/mol. The standard InChI is InChI=1S/C18H18N2O5/c1-24-15-8-11-6-7-20(10-12(11)9-16(15)25-2)17(21)13-4-3-5-14(19-13)18(22)23/h3-5,8-9H,6-7,10H2,1-2H3,(H,22,23). The van der Waals surface area contributed by atoms with Crippen LogP contribution in [0, 0.1) is 0 Å². The van der Waals surface area contributed by atoms with Gasteiger partial charge >= 0.3 is 5.97 Å². The maximum absolute atomic E-state index is 12.7. The lowest BCUT2D eigenvalue weighted by Crippen LogP contribution is -2.36. The fraction of sp³-hybridized carbons (Fsp3) is 0.278. The molecule has 3 rings (SSSR count). The van der Waals surface area contributed by atoms with Crippen LogP contribution in [-0.2, 0) is 13.0 Å². The fourth-order valence-corrected chi connectivity index (χ4v) is 2.89. The molecule has 0 bridgehead atoms. The highest BCUT2D eigenvalue weighted by atomic mass is 16.5. The predicted octanol–water partition coefficient (Wildman–Crippen LogP) is 2.00. The average Bonchev–Trinajstić information content (AvgIpc) is 2.65. The molecule has 1 amide bonds. The lowest BCUT2D eigenvalue weighted by atomic mass is 9.98. The number of carboxylic acid groups (broad SMARTS) is 1. The topological polar surface area (TPSA) is 89.0 Å². The molecule has 0 fully saturated rings. The SMILES string of the molecule is COc1cc2c(cc1OC)CN(C(=O)c1cccc(C(=O)O)n1)CC2. The van der Waals surface area contributed by atoms with Crippen molar-refractivity contribution in [2.45, 2.75) is 13.0 Å². The summed E-state index contributed by atoms with van der Waals surface area (Å²) in [4.78, 5) is 29.3. The van der Waals surface area contributed by atoms with E-state index in [9.17, 15) is 9.59 Å². The number of amides is 1. The van der Waals surface area contributed by atoms with Gasteiger partial charge in [0.25, 0.3) is 5.91 Å². The molecule has 1 aliphatic heterocycles. The van der Waals surface area contributed by atoms with Crippen LogP contribution in [0.1, 0.15) is 32.1 Å². The van der Waals surface area contributed by atoms with Crippen molar-refractivity contribution in [3.05, 3.63) is 52.8 Å². The van der Waals surface area contributed by atoms with E-state index in [4.69, 9.17) is 14.6 Å². The number of rotatable bonds is 4. The van der Waals surface area contributed by atoms with Crippen molar-refractivity contribution in [1.82, 2.24) is 9.88 Å². The molecule has 130 valence electrons. The Bertz CT molecular complexity index is 834. The first-order chi connectivity index (χ1) is 12.0. The number of ether oxygens (including phenoxy) is 2. The van der Waals surface area contributed by atoms with E-state index in [2.05, 4.69) is 4.98 Å². The van der Waals surface area contributed by atoms with Crippen LogP contribution in [0.25, 0.3) is 0 Å². The van der Waals surface area contributed by atoms with E-state index in [0.29, 0.717) is 31.0 Å². The normalized spacial score (nSPS) is 13.1. The number of methoxy groups -OCH3 is 2. The zero-order valence-corrected chi connectivity index (χ0v) is 14.0. The summed E-state index contributed by atoms with van der Waals surface area (Å²) in [5.74, 6) is -0.169. The number of carbonyl (C=O) groups excluding carboxylic acids is 1. The van der Waals surface area contributed by atoms with Crippen LogP contribution in [-0.4, -0.2) is 47.6 Å². The number of benzene rings is 1. The smallest absolute Gasteiger partial charge is 0.354 e. The molecule has 0 unspecified atom stereocenters. The summed E-state index contributed by atoms with van der Waals surface area (Å²) in [7, 11) is 3.15. The molecule has 2 aromatic rings. The van der Waals surface area contributed by atoms with Crippen molar-refractivity contribution >= 4 is 11.9 Å². The van der Waals surface area contributed by atoms with Crippen LogP contribution < -0.4 is 9.47 Å². The Morgan fingerprint density at radius 2 is 1.72 bits per heavy atom.